The highest BCUT2D eigenvalue weighted by Crippen LogP contribution is 2.23. The van der Waals surface area contributed by atoms with E-state index in [2.05, 4.69) is 10.4 Å². The van der Waals surface area contributed by atoms with Crippen LogP contribution in [0.4, 0.5) is 0 Å². The van der Waals surface area contributed by atoms with Gasteiger partial charge in [-0.2, -0.15) is 5.10 Å². The van der Waals surface area contributed by atoms with E-state index in [4.69, 9.17) is 9.47 Å². The Morgan fingerprint density at radius 3 is 2.67 bits per heavy atom. The zero-order valence-electron chi connectivity index (χ0n) is 11.7. The zero-order chi connectivity index (χ0) is 13.1. The summed E-state index contributed by atoms with van der Waals surface area (Å²) in [7, 11) is 3.64. The predicted molar refractivity (Wildman–Crippen MR) is 70.0 cm³/mol. The minimum absolute atomic E-state index is 0.0391. The number of nitrogens with one attached hydrogen (secondary N) is 1. The molecule has 1 saturated carbocycles. The largest absolute Gasteiger partial charge is 0.483 e. The molecule has 5 heteroatoms. The molecule has 1 aliphatic carbocycles. The van der Waals surface area contributed by atoms with E-state index in [1.807, 2.05) is 25.6 Å². The van der Waals surface area contributed by atoms with Gasteiger partial charge in [0.25, 0.3) is 0 Å². The van der Waals surface area contributed by atoms with Gasteiger partial charge < -0.3 is 14.8 Å². The number of aryl methyl sites for hydroxylation is 2. The lowest BCUT2D eigenvalue weighted by Crippen LogP contribution is -2.36. The molecule has 0 aliphatic heterocycles. The van der Waals surface area contributed by atoms with Crippen LogP contribution in [0.1, 0.15) is 24.2 Å². The SMILES string of the molecule is COCC(CNC1CC1)Oc1c(C)nn(C)c1C. The molecule has 1 aromatic heterocycles. The molecule has 1 heterocycles. The van der Waals surface area contributed by atoms with E-state index in [-0.39, 0.29) is 6.10 Å². The average molecular weight is 253 g/mol. The molecule has 102 valence electrons. The zero-order valence-corrected chi connectivity index (χ0v) is 11.7. The van der Waals surface area contributed by atoms with Gasteiger partial charge in [0.15, 0.2) is 5.75 Å². The molecule has 2 rings (SSSR count). The lowest BCUT2D eigenvalue weighted by molar-refractivity contribution is 0.0794. The molecule has 0 aromatic carbocycles. The third kappa shape index (κ3) is 3.23. The maximum Gasteiger partial charge on any atom is 0.163 e. The number of ether oxygens (including phenoxy) is 2. The number of hydrogen-bond acceptors (Lipinski definition) is 4. The highest BCUT2D eigenvalue weighted by atomic mass is 16.5. The van der Waals surface area contributed by atoms with Crippen molar-refractivity contribution >= 4 is 0 Å². The second kappa shape index (κ2) is 5.71. The van der Waals surface area contributed by atoms with Crippen molar-refractivity contribution < 1.29 is 9.47 Å². The summed E-state index contributed by atoms with van der Waals surface area (Å²) in [6.07, 6.45) is 2.60. The first-order valence-electron chi connectivity index (χ1n) is 6.51. The Kier molecular flexibility index (Phi) is 4.24. The summed E-state index contributed by atoms with van der Waals surface area (Å²) in [4.78, 5) is 0. The summed E-state index contributed by atoms with van der Waals surface area (Å²) < 4.78 is 13.1. The van der Waals surface area contributed by atoms with E-state index in [0.717, 1.165) is 23.7 Å². The van der Waals surface area contributed by atoms with Gasteiger partial charge in [0.1, 0.15) is 11.8 Å². The Balaban J connectivity index is 1.97. The second-order valence-electron chi connectivity index (χ2n) is 5.00. The molecule has 5 nitrogen and oxygen atoms in total. The van der Waals surface area contributed by atoms with Crippen molar-refractivity contribution in [2.45, 2.75) is 38.8 Å². The fraction of sp³-hybridized carbons (Fsp3) is 0.769. The normalized spacial score (nSPS) is 16.9. The van der Waals surface area contributed by atoms with Crippen LogP contribution in [0.3, 0.4) is 0 Å². The third-order valence-corrected chi connectivity index (χ3v) is 3.29. The molecule has 0 amide bonds. The topological polar surface area (TPSA) is 48.3 Å². The summed E-state index contributed by atoms with van der Waals surface area (Å²) in [6, 6.07) is 0.684. The Morgan fingerprint density at radius 2 is 2.17 bits per heavy atom. The lowest BCUT2D eigenvalue weighted by Gasteiger charge is -2.19. The molecule has 0 spiro atoms. The molecule has 1 unspecified atom stereocenters. The highest BCUT2D eigenvalue weighted by Gasteiger charge is 2.23. The molecule has 1 atom stereocenters. The molecular formula is C13H23N3O2. The van der Waals surface area contributed by atoms with Crippen molar-refractivity contribution in [2.75, 3.05) is 20.3 Å². The van der Waals surface area contributed by atoms with Gasteiger partial charge >= 0.3 is 0 Å². The van der Waals surface area contributed by atoms with Crippen LogP contribution in [0.25, 0.3) is 0 Å². The van der Waals surface area contributed by atoms with Gasteiger partial charge in [-0.1, -0.05) is 0 Å². The number of methoxy groups -OCH3 is 1. The van der Waals surface area contributed by atoms with Crippen LogP contribution in [0.2, 0.25) is 0 Å². The number of hydrogen-bond donors (Lipinski definition) is 1. The van der Waals surface area contributed by atoms with Crippen LogP contribution in [0.5, 0.6) is 5.75 Å². The summed E-state index contributed by atoms with van der Waals surface area (Å²) in [6.45, 7) is 5.41. The van der Waals surface area contributed by atoms with Gasteiger partial charge in [-0.3, -0.25) is 4.68 Å². The first-order chi connectivity index (χ1) is 8.61. The van der Waals surface area contributed by atoms with E-state index >= 15 is 0 Å². The third-order valence-electron chi connectivity index (χ3n) is 3.29. The summed E-state index contributed by atoms with van der Waals surface area (Å²) in [5.74, 6) is 0.886. The van der Waals surface area contributed by atoms with Crippen LogP contribution < -0.4 is 10.1 Å². The van der Waals surface area contributed by atoms with Crippen LogP contribution in [-0.4, -0.2) is 42.2 Å². The monoisotopic (exact) mass is 253 g/mol. The minimum Gasteiger partial charge on any atom is -0.483 e. The number of nitrogens with zero attached hydrogens (tertiary/aromatic N) is 2. The standard InChI is InChI=1S/C13H23N3O2/c1-9-13(10(2)16(3)15-9)18-12(8-17-4)7-14-11-5-6-11/h11-12,14H,5-8H2,1-4H3. The van der Waals surface area contributed by atoms with Gasteiger partial charge in [0.05, 0.1) is 12.3 Å². The van der Waals surface area contributed by atoms with Crippen LogP contribution in [-0.2, 0) is 11.8 Å². The lowest BCUT2D eigenvalue weighted by atomic mass is 10.3. The Hall–Kier alpha value is -1.07. The maximum absolute atomic E-state index is 6.04. The van der Waals surface area contributed by atoms with Crippen molar-refractivity contribution in [3.63, 3.8) is 0 Å². The summed E-state index contributed by atoms with van der Waals surface area (Å²) >= 11 is 0. The van der Waals surface area contributed by atoms with Crippen LogP contribution >= 0.6 is 0 Å². The van der Waals surface area contributed by atoms with E-state index in [1.165, 1.54) is 12.8 Å². The first kappa shape index (κ1) is 13.4. The van der Waals surface area contributed by atoms with Crippen molar-refractivity contribution in [1.29, 1.82) is 0 Å². The first-order valence-corrected chi connectivity index (χ1v) is 6.51. The van der Waals surface area contributed by atoms with E-state index < -0.39 is 0 Å². The van der Waals surface area contributed by atoms with Gasteiger partial charge in [-0.05, 0) is 26.7 Å². The van der Waals surface area contributed by atoms with Crippen LogP contribution in [0.15, 0.2) is 0 Å². The average Bonchev–Trinajstić information content (AvgIpc) is 3.11. The van der Waals surface area contributed by atoms with Crippen LogP contribution in [0, 0.1) is 13.8 Å². The maximum atomic E-state index is 6.04. The quantitative estimate of drug-likeness (QED) is 0.793. The molecule has 1 fully saturated rings. The molecule has 1 aliphatic rings. The van der Waals surface area contributed by atoms with Gasteiger partial charge in [0.2, 0.25) is 0 Å². The van der Waals surface area contributed by atoms with Gasteiger partial charge in [0, 0.05) is 26.7 Å². The van der Waals surface area contributed by atoms with Gasteiger partial charge in [-0.15, -0.1) is 0 Å². The van der Waals surface area contributed by atoms with Crippen molar-refractivity contribution in [2.24, 2.45) is 7.05 Å². The van der Waals surface area contributed by atoms with E-state index in [9.17, 15) is 0 Å². The summed E-state index contributed by atoms with van der Waals surface area (Å²) in [5.41, 5.74) is 1.99. The van der Waals surface area contributed by atoms with Crippen molar-refractivity contribution in [1.82, 2.24) is 15.1 Å². The molecular weight excluding hydrogens is 230 g/mol. The number of rotatable bonds is 7. The molecule has 0 saturated heterocycles. The molecule has 18 heavy (non-hydrogen) atoms. The Morgan fingerprint density at radius 1 is 1.44 bits per heavy atom. The molecule has 1 aromatic rings. The Bertz CT molecular complexity index is 399. The predicted octanol–water partition coefficient (Wildman–Crippen LogP) is 1.18. The van der Waals surface area contributed by atoms with Crippen molar-refractivity contribution in [3.8, 4) is 5.75 Å². The fourth-order valence-corrected chi connectivity index (χ4v) is 2.00. The summed E-state index contributed by atoms with van der Waals surface area (Å²) in [5, 5.41) is 7.84. The van der Waals surface area contributed by atoms with E-state index in [1.54, 1.807) is 7.11 Å². The van der Waals surface area contributed by atoms with Crippen molar-refractivity contribution in [3.05, 3.63) is 11.4 Å². The minimum atomic E-state index is 0.0391. The molecule has 0 bridgehead atoms. The fourth-order valence-electron chi connectivity index (χ4n) is 2.00. The Labute approximate surface area is 108 Å². The second-order valence-corrected chi connectivity index (χ2v) is 5.00. The number of aromatic nitrogens is 2. The smallest absolute Gasteiger partial charge is 0.163 e. The highest BCUT2D eigenvalue weighted by molar-refractivity contribution is 5.32. The van der Waals surface area contributed by atoms with Gasteiger partial charge in [-0.25, -0.2) is 0 Å². The molecule has 0 radical (unpaired) electrons. The molecule has 1 N–H and O–H groups in total. The van der Waals surface area contributed by atoms with E-state index in [0.29, 0.717) is 12.6 Å².